The average molecular weight is 369 g/mol. The first-order chi connectivity index (χ1) is 11.2. The maximum atomic E-state index is 13.4. The van der Waals surface area contributed by atoms with Gasteiger partial charge in [0.15, 0.2) is 5.13 Å². The molecule has 2 aliphatic rings. The van der Waals surface area contributed by atoms with Crippen LogP contribution in [0.5, 0.6) is 0 Å². The van der Waals surface area contributed by atoms with Gasteiger partial charge in [-0.3, -0.25) is 4.90 Å². The molecule has 0 saturated carbocycles. The lowest BCUT2D eigenvalue weighted by Gasteiger charge is -2.38. The summed E-state index contributed by atoms with van der Waals surface area (Å²) in [5.41, 5.74) is 8.10. The zero-order valence-electron chi connectivity index (χ0n) is 13.4. The molecule has 1 saturated heterocycles. The lowest BCUT2D eigenvalue weighted by atomic mass is 10.0. The molecule has 0 aliphatic carbocycles. The van der Waals surface area contributed by atoms with Crippen molar-refractivity contribution in [3.05, 3.63) is 40.7 Å². The van der Waals surface area contributed by atoms with Gasteiger partial charge in [0, 0.05) is 49.0 Å². The van der Waals surface area contributed by atoms with E-state index in [1.54, 1.807) is 23.5 Å². The Hall–Kier alpha value is -1.37. The van der Waals surface area contributed by atoms with Gasteiger partial charge in [0.05, 0.1) is 0 Å². The van der Waals surface area contributed by atoms with Crippen LogP contribution in [-0.2, 0) is 13.0 Å². The Labute approximate surface area is 151 Å². The van der Waals surface area contributed by atoms with Crippen molar-refractivity contribution in [3.63, 3.8) is 0 Å². The molecule has 0 amide bonds. The quantitative estimate of drug-likeness (QED) is 0.902. The minimum absolute atomic E-state index is 0. The number of benzene rings is 1. The molecule has 4 nitrogen and oxygen atoms in total. The van der Waals surface area contributed by atoms with E-state index in [0.717, 1.165) is 51.0 Å². The fourth-order valence-electron chi connectivity index (χ4n) is 3.78. The number of aromatic nitrogens is 1. The SMILES string of the molecule is Cl.Nc1ncc(CN2CCC(N3CCc4cc(F)ccc43)CC2)s1. The highest BCUT2D eigenvalue weighted by Crippen LogP contribution is 2.33. The third-order valence-corrected chi connectivity index (χ3v) is 5.73. The van der Waals surface area contributed by atoms with Crippen LogP contribution in [0.2, 0.25) is 0 Å². The van der Waals surface area contributed by atoms with E-state index in [0.29, 0.717) is 11.2 Å². The second-order valence-electron chi connectivity index (χ2n) is 6.39. The van der Waals surface area contributed by atoms with Crippen LogP contribution in [0, 0.1) is 5.82 Å². The summed E-state index contributed by atoms with van der Waals surface area (Å²) in [6.45, 7) is 4.16. The lowest BCUT2D eigenvalue weighted by Crippen LogP contribution is -2.44. The number of hydrogen-bond donors (Lipinski definition) is 1. The van der Waals surface area contributed by atoms with E-state index in [2.05, 4.69) is 14.8 Å². The van der Waals surface area contributed by atoms with Crippen LogP contribution >= 0.6 is 23.7 Å². The van der Waals surface area contributed by atoms with Crippen molar-refractivity contribution in [2.24, 2.45) is 0 Å². The molecule has 1 aromatic carbocycles. The number of nitrogens with zero attached hydrogens (tertiary/aromatic N) is 3. The van der Waals surface area contributed by atoms with Gasteiger partial charge in [-0.2, -0.15) is 0 Å². The monoisotopic (exact) mass is 368 g/mol. The molecular weight excluding hydrogens is 347 g/mol. The molecule has 1 aromatic heterocycles. The van der Waals surface area contributed by atoms with Crippen molar-refractivity contribution in [3.8, 4) is 0 Å². The largest absolute Gasteiger partial charge is 0.375 e. The Kier molecular flexibility index (Phi) is 5.27. The van der Waals surface area contributed by atoms with Gasteiger partial charge < -0.3 is 10.6 Å². The summed E-state index contributed by atoms with van der Waals surface area (Å²) < 4.78 is 13.4. The molecule has 0 unspecified atom stereocenters. The van der Waals surface area contributed by atoms with Gasteiger partial charge in [-0.15, -0.1) is 23.7 Å². The second-order valence-corrected chi connectivity index (χ2v) is 7.54. The van der Waals surface area contributed by atoms with E-state index in [1.165, 1.54) is 10.6 Å². The van der Waals surface area contributed by atoms with Crippen molar-refractivity contribution in [2.45, 2.75) is 31.8 Å². The number of halogens is 2. The molecule has 7 heteroatoms. The molecule has 2 aromatic rings. The first kappa shape index (κ1) is 17.5. The maximum Gasteiger partial charge on any atom is 0.180 e. The second kappa shape index (κ2) is 7.25. The number of piperidine rings is 1. The molecule has 24 heavy (non-hydrogen) atoms. The van der Waals surface area contributed by atoms with Gasteiger partial charge in [-0.25, -0.2) is 9.37 Å². The van der Waals surface area contributed by atoms with Crippen LogP contribution in [0.15, 0.2) is 24.4 Å². The summed E-state index contributed by atoms with van der Waals surface area (Å²) in [6.07, 6.45) is 5.17. The first-order valence-electron chi connectivity index (χ1n) is 8.16. The first-order valence-corrected chi connectivity index (χ1v) is 8.98. The Morgan fingerprint density at radius 2 is 2.04 bits per heavy atom. The summed E-state index contributed by atoms with van der Waals surface area (Å²) in [5.74, 6) is -0.121. The summed E-state index contributed by atoms with van der Waals surface area (Å²) in [6, 6.07) is 5.80. The van der Waals surface area contributed by atoms with E-state index in [4.69, 9.17) is 5.73 Å². The third-order valence-electron chi connectivity index (χ3n) is 4.92. The van der Waals surface area contributed by atoms with Gasteiger partial charge in [0.1, 0.15) is 5.82 Å². The molecule has 0 radical (unpaired) electrons. The minimum atomic E-state index is -0.121. The Bertz CT molecular complexity index is 700. The maximum absolute atomic E-state index is 13.4. The highest BCUT2D eigenvalue weighted by atomic mass is 35.5. The fraction of sp³-hybridized carbons (Fsp3) is 0.471. The summed E-state index contributed by atoms with van der Waals surface area (Å²) in [7, 11) is 0. The number of rotatable bonds is 3. The molecule has 0 spiro atoms. The highest BCUT2D eigenvalue weighted by molar-refractivity contribution is 7.15. The molecule has 1 fully saturated rings. The summed E-state index contributed by atoms with van der Waals surface area (Å²) >= 11 is 1.58. The zero-order valence-corrected chi connectivity index (χ0v) is 15.1. The lowest BCUT2D eigenvalue weighted by molar-refractivity contribution is 0.203. The van der Waals surface area contributed by atoms with Crippen molar-refractivity contribution < 1.29 is 4.39 Å². The molecule has 130 valence electrons. The average Bonchev–Trinajstić information content (AvgIpc) is 3.14. The molecule has 2 N–H and O–H groups in total. The standard InChI is InChI=1S/C17H21FN4S.ClH/c18-13-1-2-16-12(9-13)3-8-22(16)14-4-6-21(7-5-14)11-15-10-20-17(19)23-15;/h1-2,9-10,14H,3-8,11H2,(H2,19,20);1H. The molecule has 0 bridgehead atoms. The van der Waals surface area contributed by atoms with E-state index < -0.39 is 0 Å². The van der Waals surface area contributed by atoms with E-state index >= 15 is 0 Å². The molecule has 3 heterocycles. The number of anilines is 2. The Morgan fingerprint density at radius 3 is 2.75 bits per heavy atom. The molecular formula is C17H22ClFN4S. The minimum Gasteiger partial charge on any atom is -0.375 e. The molecule has 4 rings (SSSR count). The van der Waals surface area contributed by atoms with Gasteiger partial charge in [0.25, 0.3) is 0 Å². The number of nitrogens with two attached hydrogens (primary N) is 1. The van der Waals surface area contributed by atoms with Crippen LogP contribution in [0.25, 0.3) is 0 Å². The van der Waals surface area contributed by atoms with E-state index in [1.807, 2.05) is 12.3 Å². The zero-order chi connectivity index (χ0) is 15.8. The van der Waals surface area contributed by atoms with Gasteiger partial charge in [0.2, 0.25) is 0 Å². The number of nitrogen functional groups attached to an aromatic ring is 1. The van der Waals surface area contributed by atoms with Crippen LogP contribution in [0.1, 0.15) is 23.3 Å². The molecule has 0 atom stereocenters. The third kappa shape index (κ3) is 3.50. The Balaban J connectivity index is 0.00000169. The van der Waals surface area contributed by atoms with Crippen molar-refractivity contribution in [1.82, 2.24) is 9.88 Å². The summed E-state index contributed by atoms with van der Waals surface area (Å²) in [4.78, 5) is 10.3. The summed E-state index contributed by atoms with van der Waals surface area (Å²) in [5, 5.41) is 0.649. The van der Waals surface area contributed by atoms with Crippen molar-refractivity contribution in [2.75, 3.05) is 30.3 Å². The predicted molar refractivity (Wildman–Crippen MR) is 99.5 cm³/mol. The van der Waals surface area contributed by atoms with E-state index in [9.17, 15) is 4.39 Å². The predicted octanol–water partition coefficient (Wildman–Crippen LogP) is 3.31. The topological polar surface area (TPSA) is 45.4 Å². The van der Waals surface area contributed by atoms with E-state index in [-0.39, 0.29) is 18.2 Å². The van der Waals surface area contributed by atoms with Crippen LogP contribution in [0.3, 0.4) is 0 Å². The number of thiazole rings is 1. The highest BCUT2D eigenvalue weighted by Gasteiger charge is 2.29. The number of fused-ring (bicyclic) bond motifs is 1. The van der Waals surface area contributed by atoms with Gasteiger partial charge in [-0.05, 0) is 43.0 Å². The van der Waals surface area contributed by atoms with Crippen LogP contribution < -0.4 is 10.6 Å². The van der Waals surface area contributed by atoms with Crippen LogP contribution in [-0.4, -0.2) is 35.6 Å². The normalized spacial score (nSPS) is 18.5. The molecule has 2 aliphatic heterocycles. The van der Waals surface area contributed by atoms with Crippen molar-refractivity contribution >= 4 is 34.6 Å². The fourth-order valence-corrected chi connectivity index (χ4v) is 4.51. The van der Waals surface area contributed by atoms with Crippen molar-refractivity contribution in [1.29, 1.82) is 0 Å². The smallest absolute Gasteiger partial charge is 0.180 e. The van der Waals surface area contributed by atoms with Crippen LogP contribution in [0.4, 0.5) is 15.2 Å². The Morgan fingerprint density at radius 1 is 1.25 bits per heavy atom. The number of hydrogen-bond acceptors (Lipinski definition) is 5. The number of likely N-dealkylation sites (tertiary alicyclic amines) is 1. The van der Waals surface area contributed by atoms with Gasteiger partial charge >= 0.3 is 0 Å². The van der Waals surface area contributed by atoms with Gasteiger partial charge in [-0.1, -0.05) is 0 Å².